The molecule has 0 amide bonds. The Kier molecular flexibility index (Phi) is 6.09. The van der Waals surface area contributed by atoms with Crippen molar-refractivity contribution < 1.29 is 13.2 Å². The number of rotatable bonds is 7. The van der Waals surface area contributed by atoms with Gasteiger partial charge in [0.25, 0.3) is 0 Å². The second-order valence-electron chi connectivity index (χ2n) is 6.90. The Balaban J connectivity index is 1.71. The lowest BCUT2D eigenvalue weighted by atomic mass is 9.80. The van der Waals surface area contributed by atoms with E-state index >= 15 is 0 Å². The van der Waals surface area contributed by atoms with Gasteiger partial charge in [-0.1, -0.05) is 42.5 Å². The maximum Gasteiger partial charge on any atom is 0.240 e. The lowest BCUT2D eigenvalue weighted by Gasteiger charge is -2.37. The molecule has 0 bridgehead atoms. The molecule has 140 valence electrons. The molecule has 0 radical (unpaired) electrons. The highest BCUT2D eigenvalue weighted by Gasteiger charge is 2.33. The lowest BCUT2D eigenvalue weighted by molar-refractivity contribution is 0.0577. The summed E-state index contributed by atoms with van der Waals surface area (Å²) in [6, 6.07) is 16.9. The Bertz CT molecular complexity index is 793. The molecule has 1 saturated heterocycles. The Labute approximate surface area is 155 Å². The van der Waals surface area contributed by atoms with E-state index < -0.39 is 10.0 Å². The number of piperidine rings is 1. The van der Waals surface area contributed by atoms with Gasteiger partial charge in [-0.15, -0.1) is 0 Å². The molecule has 0 atom stereocenters. The molecule has 6 heteroatoms. The third-order valence-electron chi connectivity index (χ3n) is 5.02. The fourth-order valence-electron chi connectivity index (χ4n) is 3.42. The molecule has 2 N–H and O–H groups in total. The first-order valence-corrected chi connectivity index (χ1v) is 10.4. The highest BCUT2D eigenvalue weighted by atomic mass is 32.2. The van der Waals surface area contributed by atoms with Crippen molar-refractivity contribution in [1.82, 2.24) is 10.0 Å². The van der Waals surface area contributed by atoms with Gasteiger partial charge in [-0.2, -0.15) is 0 Å². The SMILES string of the molecule is COCC1(CNS(=O)(=O)c2ccc(-c3ccccc3)cc2)CCNCC1. The third kappa shape index (κ3) is 4.51. The summed E-state index contributed by atoms with van der Waals surface area (Å²) in [6.07, 6.45) is 1.80. The minimum Gasteiger partial charge on any atom is -0.384 e. The molecule has 0 spiro atoms. The molecule has 1 fully saturated rings. The van der Waals surface area contributed by atoms with Crippen molar-refractivity contribution in [2.24, 2.45) is 5.41 Å². The van der Waals surface area contributed by atoms with Gasteiger partial charge in [0.15, 0.2) is 0 Å². The molecule has 1 aliphatic rings. The summed E-state index contributed by atoms with van der Waals surface area (Å²) in [4.78, 5) is 0.290. The van der Waals surface area contributed by atoms with Crippen LogP contribution in [-0.2, 0) is 14.8 Å². The Morgan fingerprint density at radius 2 is 1.62 bits per heavy atom. The van der Waals surface area contributed by atoms with Gasteiger partial charge in [-0.25, -0.2) is 13.1 Å². The zero-order chi connectivity index (χ0) is 18.5. The summed E-state index contributed by atoms with van der Waals surface area (Å²) >= 11 is 0. The van der Waals surface area contributed by atoms with Gasteiger partial charge in [0, 0.05) is 19.1 Å². The van der Waals surface area contributed by atoms with E-state index in [1.54, 1.807) is 19.2 Å². The number of nitrogens with one attached hydrogen (secondary N) is 2. The average molecular weight is 375 g/mol. The van der Waals surface area contributed by atoms with Crippen LogP contribution in [0.4, 0.5) is 0 Å². The smallest absolute Gasteiger partial charge is 0.240 e. The third-order valence-corrected chi connectivity index (χ3v) is 6.44. The van der Waals surface area contributed by atoms with Crippen molar-refractivity contribution in [3.8, 4) is 11.1 Å². The van der Waals surface area contributed by atoms with Gasteiger partial charge in [-0.3, -0.25) is 0 Å². The average Bonchev–Trinajstić information content (AvgIpc) is 2.68. The van der Waals surface area contributed by atoms with Crippen LogP contribution in [0.15, 0.2) is 59.5 Å². The van der Waals surface area contributed by atoms with Gasteiger partial charge >= 0.3 is 0 Å². The number of benzene rings is 2. The standard InChI is InChI=1S/C20H26N2O3S/c1-25-16-20(11-13-21-14-12-20)15-22-26(23,24)19-9-7-18(8-10-19)17-5-3-2-4-6-17/h2-10,21-22H,11-16H2,1H3. The molecule has 1 aliphatic heterocycles. The second-order valence-corrected chi connectivity index (χ2v) is 8.66. The van der Waals surface area contributed by atoms with Crippen molar-refractivity contribution in [1.29, 1.82) is 0 Å². The quantitative estimate of drug-likeness (QED) is 0.782. The van der Waals surface area contributed by atoms with Crippen LogP contribution in [0.1, 0.15) is 12.8 Å². The van der Waals surface area contributed by atoms with Crippen molar-refractivity contribution in [2.45, 2.75) is 17.7 Å². The van der Waals surface area contributed by atoms with E-state index in [1.165, 1.54) is 0 Å². The van der Waals surface area contributed by atoms with Gasteiger partial charge in [0.05, 0.1) is 11.5 Å². The first-order valence-electron chi connectivity index (χ1n) is 8.90. The summed E-state index contributed by atoms with van der Waals surface area (Å²) < 4.78 is 33.6. The molecular weight excluding hydrogens is 348 g/mol. The van der Waals surface area contributed by atoms with Gasteiger partial charge in [-0.05, 0) is 49.2 Å². The lowest BCUT2D eigenvalue weighted by Crippen LogP contribution is -2.47. The van der Waals surface area contributed by atoms with Crippen molar-refractivity contribution in [3.63, 3.8) is 0 Å². The number of hydrogen-bond donors (Lipinski definition) is 2. The Hall–Kier alpha value is -1.73. The Morgan fingerprint density at radius 3 is 2.23 bits per heavy atom. The highest BCUT2D eigenvalue weighted by Crippen LogP contribution is 2.29. The zero-order valence-corrected chi connectivity index (χ0v) is 15.9. The van der Waals surface area contributed by atoms with Crippen LogP contribution in [0, 0.1) is 5.41 Å². The summed E-state index contributed by atoms with van der Waals surface area (Å²) in [5, 5.41) is 3.32. The molecular formula is C20H26N2O3S. The number of ether oxygens (including phenoxy) is 1. The normalized spacial score (nSPS) is 17.1. The highest BCUT2D eigenvalue weighted by molar-refractivity contribution is 7.89. The van der Waals surface area contributed by atoms with Crippen LogP contribution < -0.4 is 10.0 Å². The van der Waals surface area contributed by atoms with E-state index in [9.17, 15) is 8.42 Å². The molecule has 3 rings (SSSR count). The molecule has 2 aromatic carbocycles. The van der Waals surface area contributed by atoms with Gasteiger partial charge < -0.3 is 10.1 Å². The molecule has 0 aliphatic carbocycles. The van der Waals surface area contributed by atoms with E-state index in [0.29, 0.717) is 18.0 Å². The van der Waals surface area contributed by atoms with Crippen molar-refractivity contribution in [3.05, 3.63) is 54.6 Å². The van der Waals surface area contributed by atoms with E-state index in [-0.39, 0.29) is 5.41 Å². The summed E-state index contributed by atoms with van der Waals surface area (Å²) in [5.41, 5.74) is 1.92. The van der Waals surface area contributed by atoms with Crippen LogP contribution in [0.25, 0.3) is 11.1 Å². The van der Waals surface area contributed by atoms with Gasteiger partial charge in [0.1, 0.15) is 0 Å². The number of methoxy groups -OCH3 is 1. The van der Waals surface area contributed by atoms with Crippen LogP contribution in [-0.4, -0.2) is 41.8 Å². The van der Waals surface area contributed by atoms with Crippen molar-refractivity contribution >= 4 is 10.0 Å². The first-order chi connectivity index (χ1) is 12.5. The monoisotopic (exact) mass is 374 g/mol. The van der Waals surface area contributed by atoms with Crippen LogP contribution in [0.3, 0.4) is 0 Å². The summed E-state index contributed by atoms with van der Waals surface area (Å²) in [7, 11) is -1.87. The van der Waals surface area contributed by atoms with Crippen LogP contribution in [0.5, 0.6) is 0 Å². The van der Waals surface area contributed by atoms with Crippen LogP contribution in [0.2, 0.25) is 0 Å². The van der Waals surface area contributed by atoms with E-state index in [1.807, 2.05) is 42.5 Å². The maximum absolute atomic E-state index is 12.7. The molecule has 0 saturated carbocycles. The largest absolute Gasteiger partial charge is 0.384 e. The van der Waals surface area contributed by atoms with E-state index in [4.69, 9.17) is 4.74 Å². The van der Waals surface area contributed by atoms with Gasteiger partial charge in [0.2, 0.25) is 10.0 Å². The van der Waals surface area contributed by atoms with E-state index in [0.717, 1.165) is 37.1 Å². The zero-order valence-electron chi connectivity index (χ0n) is 15.1. The molecule has 1 heterocycles. The Morgan fingerprint density at radius 1 is 1.00 bits per heavy atom. The first kappa shape index (κ1) is 19.0. The topological polar surface area (TPSA) is 67.4 Å². The predicted molar refractivity (Wildman–Crippen MR) is 103 cm³/mol. The molecule has 0 aromatic heterocycles. The molecule has 2 aromatic rings. The summed E-state index contributed by atoms with van der Waals surface area (Å²) in [6.45, 7) is 2.73. The molecule has 26 heavy (non-hydrogen) atoms. The minimum atomic E-state index is -3.54. The van der Waals surface area contributed by atoms with Crippen LogP contribution >= 0.6 is 0 Å². The number of hydrogen-bond acceptors (Lipinski definition) is 4. The van der Waals surface area contributed by atoms with Crippen molar-refractivity contribution in [2.75, 3.05) is 33.4 Å². The second kappa shape index (κ2) is 8.31. The fourth-order valence-corrected chi connectivity index (χ4v) is 4.58. The summed E-state index contributed by atoms with van der Waals surface area (Å²) in [5.74, 6) is 0. The molecule has 5 nitrogen and oxygen atoms in total. The molecule has 0 unspecified atom stereocenters. The fraction of sp³-hybridized carbons (Fsp3) is 0.400. The number of sulfonamides is 1. The maximum atomic E-state index is 12.7. The minimum absolute atomic E-state index is 0.142. The van der Waals surface area contributed by atoms with E-state index in [2.05, 4.69) is 10.0 Å². The predicted octanol–water partition coefficient (Wildman–Crippen LogP) is 2.65.